The molecule has 8 heteroatoms. The van der Waals surface area contributed by atoms with Crippen molar-refractivity contribution in [1.29, 1.82) is 0 Å². The highest BCUT2D eigenvalue weighted by molar-refractivity contribution is 6.35. The maximum Gasteiger partial charge on any atom is 0.327 e. The molecule has 1 fully saturated rings. The van der Waals surface area contributed by atoms with Crippen molar-refractivity contribution in [3.05, 3.63) is 29.6 Å². The Balaban J connectivity index is 1.78. The van der Waals surface area contributed by atoms with Gasteiger partial charge in [0.15, 0.2) is 11.6 Å². The minimum Gasteiger partial charge on any atom is -0.494 e. The van der Waals surface area contributed by atoms with Crippen molar-refractivity contribution in [2.75, 3.05) is 7.11 Å². The molecular weight excluding hydrogens is 293 g/mol. The first-order chi connectivity index (χ1) is 10.5. The summed E-state index contributed by atoms with van der Waals surface area (Å²) in [5.41, 5.74) is 4.51. The van der Waals surface area contributed by atoms with Crippen molar-refractivity contribution in [2.45, 2.75) is 25.3 Å². The fourth-order valence-corrected chi connectivity index (χ4v) is 1.71. The van der Waals surface area contributed by atoms with Crippen LogP contribution in [0.2, 0.25) is 0 Å². The van der Waals surface area contributed by atoms with Gasteiger partial charge in [-0.15, -0.1) is 0 Å². The maximum atomic E-state index is 13.5. The maximum absolute atomic E-state index is 13.5. The monoisotopic (exact) mass is 309 g/mol. The van der Waals surface area contributed by atoms with Crippen molar-refractivity contribution in [2.24, 2.45) is 0 Å². The molecule has 1 saturated carbocycles. The predicted molar refractivity (Wildman–Crippen MR) is 74.1 cm³/mol. The van der Waals surface area contributed by atoms with E-state index in [-0.39, 0.29) is 18.2 Å². The van der Waals surface area contributed by atoms with Gasteiger partial charge in [0.2, 0.25) is 5.91 Å². The number of carbonyl (C=O) groups excluding carboxylic acids is 3. The number of nitrogens with one attached hydrogen (secondary N) is 3. The number of hydrogen-bond donors (Lipinski definition) is 3. The second-order valence-electron chi connectivity index (χ2n) is 4.90. The van der Waals surface area contributed by atoms with Gasteiger partial charge in [-0.25, -0.2) is 4.39 Å². The summed E-state index contributed by atoms with van der Waals surface area (Å²) in [5, 5.41) is 2.48. The summed E-state index contributed by atoms with van der Waals surface area (Å²) in [5.74, 6) is -2.81. The van der Waals surface area contributed by atoms with Gasteiger partial charge in [0, 0.05) is 6.04 Å². The standard InChI is InChI=1S/C14H16FN3O4/c1-22-11-5-2-8(6-10(11)15)7-12(19)17-18-14(21)13(20)16-9-3-4-9/h2,5-6,9H,3-4,7H2,1H3,(H,16,20)(H,17,19)(H,18,21). The van der Waals surface area contributed by atoms with Crippen molar-refractivity contribution in [3.8, 4) is 5.75 Å². The van der Waals surface area contributed by atoms with Gasteiger partial charge in [-0.1, -0.05) is 6.07 Å². The van der Waals surface area contributed by atoms with Crippen LogP contribution in [0.25, 0.3) is 0 Å². The summed E-state index contributed by atoms with van der Waals surface area (Å²) >= 11 is 0. The first-order valence-electron chi connectivity index (χ1n) is 6.71. The Hall–Kier alpha value is -2.64. The average molecular weight is 309 g/mol. The molecule has 1 aromatic rings. The SMILES string of the molecule is COc1ccc(CC(=O)NNC(=O)C(=O)NC2CC2)cc1F. The first kappa shape index (κ1) is 15.7. The van der Waals surface area contributed by atoms with E-state index in [2.05, 4.69) is 10.7 Å². The molecule has 0 radical (unpaired) electrons. The van der Waals surface area contributed by atoms with Crippen molar-refractivity contribution >= 4 is 17.7 Å². The van der Waals surface area contributed by atoms with Gasteiger partial charge in [0.1, 0.15) is 0 Å². The molecule has 0 spiro atoms. The van der Waals surface area contributed by atoms with E-state index in [9.17, 15) is 18.8 Å². The third-order valence-corrected chi connectivity index (χ3v) is 3.02. The van der Waals surface area contributed by atoms with E-state index < -0.39 is 23.5 Å². The largest absolute Gasteiger partial charge is 0.494 e. The second kappa shape index (κ2) is 6.88. The van der Waals surface area contributed by atoms with Crippen LogP contribution >= 0.6 is 0 Å². The number of hydrazine groups is 1. The molecule has 0 bridgehead atoms. The minimum atomic E-state index is -0.943. The highest BCUT2D eigenvalue weighted by atomic mass is 19.1. The van der Waals surface area contributed by atoms with Crippen LogP contribution in [0.4, 0.5) is 4.39 Å². The van der Waals surface area contributed by atoms with E-state index in [1.807, 2.05) is 5.43 Å². The molecule has 0 aromatic heterocycles. The summed E-state index contributed by atoms with van der Waals surface area (Å²) in [6, 6.07) is 4.15. The topological polar surface area (TPSA) is 96.5 Å². The Morgan fingerprint density at radius 1 is 1.23 bits per heavy atom. The Kier molecular flexibility index (Phi) is 4.92. The summed E-state index contributed by atoms with van der Waals surface area (Å²) in [7, 11) is 1.34. The zero-order chi connectivity index (χ0) is 16.1. The van der Waals surface area contributed by atoms with E-state index in [4.69, 9.17) is 4.74 Å². The van der Waals surface area contributed by atoms with E-state index in [0.29, 0.717) is 5.56 Å². The van der Waals surface area contributed by atoms with Gasteiger partial charge < -0.3 is 10.1 Å². The molecular formula is C14H16FN3O4. The molecule has 0 heterocycles. The normalized spacial score (nSPS) is 13.2. The van der Waals surface area contributed by atoms with E-state index in [0.717, 1.165) is 12.8 Å². The summed E-state index contributed by atoms with van der Waals surface area (Å²) in [4.78, 5) is 34.4. The average Bonchev–Trinajstić information content (AvgIpc) is 3.29. The number of amides is 3. The van der Waals surface area contributed by atoms with Gasteiger partial charge in [-0.05, 0) is 30.5 Å². The van der Waals surface area contributed by atoms with Crippen LogP contribution in [-0.2, 0) is 20.8 Å². The molecule has 3 N–H and O–H groups in total. The predicted octanol–water partition coefficient (Wildman–Crippen LogP) is -0.197. The molecule has 1 aromatic carbocycles. The first-order valence-corrected chi connectivity index (χ1v) is 6.71. The lowest BCUT2D eigenvalue weighted by Gasteiger charge is -2.08. The van der Waals surface area contributed by atoms with E-state index in [1.165, 1.54) is 25.3 Å². The molecule has 1 aliphatic rings. The van der Waals surface area contributed by atoms with E-state index in [1.54, 1.807) is 0 Å². The van der Waals surface area contributed by atoms with Gasteiger partial charge in [-0.3, -0.25) is 25.2 Å². The smallest absolute Gasteiger partial charge is 0.327 e. The van der Waals surface area contributed by atoms with Crippen LogP contribution in [0, 0.1) is 5.82 Å². The molecule has 0 saturated heterocycles. The minimum absolute atomic E-state index is 0.0521. The number of carbonyl (C=O) groups is 3. The zero-order valence-corrected chi connectivity index (χ0v) is 11.9. The fourth-order valence-electron chi connectivity index (χ4n) is 1.71. The van der Waals surface area contributed by atoms with Gasteiger partial charge in [0.25, 0.3) is 0 Å². The lowest BCUT2D eigenvalue weighted by atomic mass is 10.1. The number of halogens is 1. The fraction of sp³-hybridized carbons (Fsp3) is 0.357. The Morgan fingerprint density at radius 2 is 1.95 bits per heavy atom. The number of ether oxygens (including phenoxy) is 1. The van der Waals surface area contributed by atoms with Crippen molar-refractivity contribution < 1.29 is 23.5 Å². The quantitative estimate of drug-likeness (QED) is 0.530. The highest BCUT2D eigenvalue weighted by Crippen LogP contribution is 2.18. The van der Waals surface area contributed by atoms with Crippen molar-refractivity contribution in [1.82, 2.24) is 16.2 Å². The van der Waals surface area contributed by atoms with Crippen LogP contribution in [0.5, 0.6) is 5.75 Å². The summed E-state index contributed by atoms with van der Waals surface area (Å²) in [6.45, 7) is 0. The number of benzene rings is 1. The van der Waals surface area contributed by atoms with Crippen LogP contribution in [-0.4, -0.2) is 30.9 Å². The third-order valence-electron chi connectivity index (χ3n) is 3.02. The number of hydrogen-bond acceptors (Lipinski definition) is 4. The lowest BCUT2D eigenvalue weighted by Crippen LogP contribution is -2.49. The van der Waals surface area contributed by atoms with Crippen LogP contribution in [0.1, 0.15) is 18.4 Å². The summed E-state index contributed by atoms with van der Waals surface area (Å²) in [6.07, 6.45) is 1.56. The van der Waals surface area contributed by atoms with Crippen LogP contribution in [0.3, 0.4) is 0 Å². The molecule has 0 atom stereocenters. The van der Waals surface area contributed by atoms with Gasteiger partial charge in [0.05, 0.1) is 13.5 Å². The molecule has 0 unspecified atom stereocenters. The lowest BCUT2D eigenvalue weighted by molar-refractivity contribution is -0.140. The molecule has 0 aliphatic heterocycles. The van der Waals surface area contributed by atoms with E-state index >= 15 is 0 Å². The Bertz CT molecular complexity index is 602. The third kappa shape index (κ3) is 4.44. The molecule has 2 rings (SSSR count). The van der Waals surface area contributed by atoms with Gasteiger partial charge in [-0.2, -0.15) is 0 Å². The molecule has 7 nitrogen and oxygen atoms in total. The van der Waals surface area contributed by atoms with Gasteiger partial charge >= 0.3 is 11.8 Å². The Labute approximate surface area is 126 Å². The molecule has 3 amide bonds. The zero-order valence-electron chi connectivity index (χ0n) is 11.9. The number of rotatable bonds is 4. The van der Waals surface area contributed by atoms with Crippen LogP contribution in [0.15, 0.2) is 18.2 Å². The summed E-state index contributed by atoms with van der Waals surface area (Å²) < 4.78 is 18.2. The van der Waals surface area contributed by atoms with Crippen molar-refractivity contribution in [3.63, 3.8) is 0 Å². The second-order valence-corrected chi connectivity index (χ2v) is 4.90. The molecule has 22 heavy (non-hydrogen) atoms. The Morgan fingerprint density at radius 3 is 2.55 bits per heavy atom. The molecule has 1 aliphatic carbocycles. The highest BCUT2D eigenvalue weighted by Gasteiger charge is 2.26. The molecule has 118 valence electrons. The van der Waals surface area contributed by atoms with Crippen LogP contribution < -0.4 is 20.9 Å². The number of methoxy groups -OCH3 is 1.